The molecule has 17 heavy (non-hydrogen) atoms. The lowest BCUT2D eigenvalue weighted by molar-refractivity contribution is -0.136. The van der Waals surface area contributed by atoms with Crippen molar-refractivity contribution in [2.45, 2.75) is 25.5 Å². The second kappa shape index (κ2) is 5.79. The van der Waals surface area contributed by atoms with Gasteiger partial charge in [-0.25, -0.2) is 13.1 Å². The van der Waals surface area contributed by atoms with Crippen LogP contribution in [-0.4, -0.2) is 55.8 Å². The zero-order chi connectivity index (χ0) is 13.1. The third-order valence-corrected chi connectivity index (χ3v) is 4.91. The number of hydrogen-bond acceptors (Lipinski definition) is 4. The van der Waals surface area contributed by atoms with E-state index in [2.05, 4.69) is 16.5 Å². The quantitative estimate of drug-likeness (QED) is 0.689. The predicted molar refractivity (Wildman–Crippen MR) is 64.2 cm³/mol. The van der Waals surface area contributed by atoms with E-state index in [0.717, 1.165) is 26.1 Å². The molecule has 0 radical (unpaired) electrons. The Balaban J connectivity index is 2.43. The normalized spacial score (nSPS) is 23.8. The summed E-state index contributed by atoms with van der Waals surface area (Å²) in [5.41, 5.74) is 0. The van der Waals surface area contributed by atoms with E-state index in [4.69, 9.17) is 5.11 Å². The van der Waals surface area contributed by atoms with E-state index >= 15 is 0 Å². The largest absolute Gasteiger partial charge is 0.480 e. The topological polar surface area (TPSA) is 86.7 Å². The number of nitrogens with one attached hydrogen (secondary N) is 1. The van der Waals surface area contributed by atoms with Gasteiger partial charge in [-0.15, -0.1) is 0 Å². The van der Waals surface area contributed by atoms with Crippen molar-refractivity contribution in [2.75, 3.05) is 26.2 Å². The molecule has 0 aromatic heterocycles. The molecule has 6 nitrogen and oxygen atoms in total. The fourth-order valence-corrected chi connectivity index (χ4v) is 2.84. The Labute approximate surface area is 102 Å². The molecule has 1 aliphatic rings. The van der Waals surface area contributed by atoms with Gasteiger partial charge in [0.1, 0.15) is 0 Å². The molecule has 1 fully saturated rings. The molecule has 0 amide bonds. The number of aliphatic carboxylic acids is 1. The van der Waals surface area contributed by atoms with Crippen LogP contribution in [0.3, 0.4) is 0 Å². The zero-order valence-corrected chi connectivity index (χ0v) is 11.0. The van der Waals surface area contributed by atoms with Gasteiger partial charge < -0.3 is 10.0 Å². The molecular weight excluding hydrogens is 244 g/mol. The number of likely N-dealkylation sites (tertiary alicyclic amines) is 1. The Hall–Kier alpha value is -0.660. The van der Waals surface area contributed by atoms with Crippen molar-refractivity contribution in [3.05, 3.63) is 0 Å². The van der Waals surface area contributed by atoms with Gasteiger partial charge in [-0.2, -0.15) is 0 Å². The van der Waals surface area contributed by atoms with Crippen LogP contribution in [0, 0.1) is 5.92 Å². The number of carboxylic acids is 1. The SMILES string of the molecule is CCN1CCC(CNS(=O)(=O)C(C)C(=O)O)C1. The minimum absolute atomic E-state index is 0.283. The molecule has 1 heterocycles. The van der Waals surface area contributed by atoms with Gasteiger partial charge in [-0.05, 0) is 32.4 Å². The van der Waals surface area contributed by atoms with Crippen molar-refractivity contribution in [1.29, 1.82) is 0 Å². The van der Waals surface area contributed by atoms with Crippen LogP contribution in [0.4, 0.5) is 0 Å². The van der Waals surface area contributed by atoms with Crippen molar-refractivity contribution in [3.63, 3.8) is 0 Å². The molecule has 1 saturated heterocycles. The van der Waals surface area contributed by atoms with E-state index in [0.29, 0.717) is 6.54 Å². The Bertz CT molecular complexity index is 369. The molecule has 0 bridgehead atoms. The van der Waals surface area contributed by atoms with Crippen LogP contribution in [0.5, 0.6) is 0 Å². The Morgan fingerprint density at radius 3 is 2.71 bits per heavy atom. The molecule has 100 valence electrons. The lowest BCUT2D eigenvalue weighted by atomic mass is 10.1. The first-order valence-electron chi connectivity index (χ1n) is 5.80. The summed E-state index contributed by atoms with van der Waals surface area (Å²) in [7, 11) is -3.74. The summed E-state index contributed by atoms with van der Waals surface area (Å²) in [6.07, 6.45) is 0.956. The smallest absolute Gasteiger partial charge is 0.323 e. The van der Waals surface area contributed by atoms with Crippen molar-refractivity contribution in [2.24, 2.45) is 5.92 Å². The Kier molecular flexibility index (Phi) is 4.91. The molecule has 1 rings (SSSR count). The van der Waals surface area contributed by atoms with Crippen LogP contribution in [0.15, 0.2) is 0 Å². The van der Waals surface area contributed by atoms with Crippen molar-refractivity contribution >= 4 is 16.0 Å². The van der Waals surface area contributed by atoms with E-state index in [9.17, 15) is 13.2 Å². The van der Waals surface area contributed by atoms with E-state index < -0.39 is 21.2 Å². The molecule has 1 aliphatic heterocycles. The summed E-state index contributed by atoms with van der Waals surface area (Å²) in [5, 5.41) is 7.27. The lowest BCUT2D eigenvalue weighted by Crippen LogP contribution is -2.40. The summed E-state index contributed by atoms with van der Waals surface area (Å²) in [6.45, 7) is 6.40. The lowest BCUT2D eigenvalue weighted by Gasteiger charge is -2.15. The van der Waals surface area contributed by atoms with Gasteiger partial charge in [0.25, 0.3) is 0 Å². The van der Waals surface area contributed by atoms with E-state index in [1.165, 1.54) is 6.92 Å². The highest BCUT2D eigenvalue weighted by atomic mass is 32.2. The van der Waals surface area contributed by atoms with Gasteiger partial charge >= 0.3 is 5.97 Å². The highest BCUT2D eigenvalue weighted by Crippen LogP contribution is 2.15. The molecule has 7 heteroatoms. The number of rotatable bonds is 6. The first-order valence-corrected chi connectivity index (χ1v) is 7.35. The number of carboxylic acid groups (broad SMARTS) is 1. The number of carbonyl (C=O) groups is 1. The Morgan fingerprint density at radius 1 is 1.59 bits per heavy atom. The minimum atomic E-state index is -3.74. The Morgan fingerprint density at radius 2 is 2.24 bits per heavy atom. The van der Waals surface area contributed by atoms with Gasteiger partial charge in [-0.3, -0.25) is 4.79 Å². The maximum Gasteiger partial charge on any atom is 0.323 e. The summed E-state index contributed by atoms with van der Waals surface area (Å²) < 4.78 is 25.5. The van der Waals surface area contributed by atoms with Crippen molar-refractivity contribution < 1.29 is 18.3 Å². The molecular formula is C10H20N2O4S. The number of sulfonamides is 1. The zero-order valence-electron chi connectivity index (χ0n) is 10.2. The van der Waals surface area contributed by atoms with E-state index in [-0.39, 0.29) is 5.92 Å². The van der Waals surface area contributed by atoms with Gasteiger partial charge in [0.15, 0.2) is 5.25 Å². The molecule has 2 N–H and O–H groups in total. The standard InChI is InChI=1S/C10H20N2O4S/c1-3-12-5-4-9(7-12)6-11-17(15,16)8(2)10(13)14/h8-9,11H,3-7H2,1-2H3,(H,13,14). The second-order valence-corrected chi connectivity index (χ2v) is 6.51. The predicted octanol–water partition coefficient (Wildman–Crippen LogP) is -0.279. The maximum atomic E-state index is 11.6. The van der Waals surface area contributed by atoms with Gasteiger partial charge in [0, 0.05) is 13.1 Å². The third kappa shape index (κ3) is 3.93. The number of nitrogens with zero attached hydrogens (tertiary/aromatic N) is 1. The van der Waals surface area contributed by atoms with Gasteiger partial charge in [-0.1, -0.05) is 6.92 Å². The molecule has 0 saturated carbocycles. The average molecular weight is 264 g/mol. The molecule has 0 aliphatic carbocycles. The maximum absolute atomic E-state index is 11.6. The van der Waals surface area contributed by atoms with Crippen molar-refractivity contribution in [1.82, 2.24) is 9.62 Å². The van der Waals surface area contributed by atoms with Crippen molar-refractivity contribution in [3.8, 4) is 0 Å². The summed E-state index contributed by atoms with van der Waals surface area (Å²) in [6, 6.07) is 0. The molecule has 2 unspecified atom stereocenters. The van der Waals surface area contributed by atoms with Crippen LogP contribution in [0.1, 0.15) is 20.3 Å². The van der Waals surface area contributed by atoms with Crippen LogP contribution in [0.25, 0.3) is 0 Å². The first-order chi connectivity index (χ1) is 7.86. The van der Waals surface area contributed by atoms with Crippen LogP contribution < -0.4 is 4.72 Å². The average Bonchev–Trinajstić information content (AvgIpc) is 2.73. The summed E-state index contributed by atoms with van der Waals surface area (Å²) in [4.78, 5) is 12.9. The first kappa shape index (κ1) is 14.4. The number of hydrogen-bond donors (Lipinski definition) is 2. The summed E-state index contributed by atoms with van der Waals surface area (Å²) in [5.74, 6) is -1.04. The summed E-state index contributed by atoms with van der Waals surface area (Å²) >= 11 is 0. The third-order valence-electron chi connectivity index (χ3n) is 3.20. The molecule has 0 spiro atoms. The van der Waals surface area contributed by atoms with Crippen LogP contribution in [0.2, 0.25) is 0 Å². The second-order valence-electron chi connectivity index (χ2n) is 4.42. The minimum Gasteiger partial charge on any atom is -0.480 e. The van der Waals surface area contributed by atoms with E-state index in [1.54, 1.807) is 0 Å². The monoisotopic (exact) mass is 264 g/mol. The highest BCUT2D eigenvalue weighted by Gasteiger charge is 2.29. The molecule has 0 aromatic carbocycles. The van der Waals surface area contributed by atoms with Crippen LogP contribution in [-0.2, 0) is 14.8 Å². The molecule has 0 aromatic rings. The van der Waals surface area contributed by atoms with Gasteiger partial charge in [0.05, 0.1) is 0 Å². The van der Waals surface area contributed by atoms with E-state index in [1.807, 2.05) is 0 Å². The fraction of sp³-hybridized carbons (Fsp3) is 0.900. The highest BCUT2D eigenvalue weighted by molar-refractivity contribution is 7.90. The van der Waals surface area contributed by atoms with Gasteiger partial charge in [0.2, 0.25) is 10.0 Å². The fourth-order valence-electron chi connectivity index (χ4n) is 1.86. The van der Waals surface area contributed by atoms with Crippen LogP contribution >= 0.6 is 0 Å². The molecule has 2 atom stereocenters.